The van der Waals surface area contributed by atoms with Gasteiger partial charge in [-0.25, -0.2) is 4.98 Å². The van der Waals surface area contributed by atoms with Gasteiger partial charge in [-0.3, -0.25) is 19.3 Å². The van der Waals surface area contributed by atoms with Crippen LogP contribution in [0.15, 0.2) is 52.2 Å². The second kappa shape index (κ2) is 9.73. The van der Waals surface area contributed by atoms with Crippen LogP contribution in [0.2, 0.25) is 0 Å². The highest BCUT2D eigenvalue weighted by molar-refractivity contribution is 5.78. The number of aromatic nitrogens is 3. The molecule has 4 heterocycles. The molecule has 2 saturated heterocycles. The average Bonchev–Trinajstić information content (AvgIpc) is 3.18. The molecule has 1 aromatic carbocycles. The molecule has 0 spiro atoms. The smallest absolute Gasteiger partial charge is 0.323 e. The summed E-state index contributed by atoms with van der Waals surface area (Å²) >= 11 is 0. The summed E-state index contributed by atoms with van der Waals surface area (Å²) in [5, 5.41) is 9.24. The van der Waals surface area contributed by atoms with Crippen LogP contribution in [0.25, 0.3) is 22.3 Å². The van der Waals surface area contributed by atoms with Gasteiger partial charge in [0, 0.05) is 30.4 Å². The summed E-state index contributed by atoms with van der Waals surface area (Å²) in [6.45, 7) is -0.459. The monoisotopic (exact) mass is 528 g/mol. The van der Waals surface area contributed by atoms with Crippen molar-refractivity contribution in [2.45, 2.75) is 94.9 Å². The minimum Gasteiger partial charge on any atom is -0.480 e. The number of rotatable bonds is 5. The third kappa shape index (κ3) is 4.33. The summed E-state index contributed by atoms with van der Waals surface area (Å²) in [7, 11) is 0. The highest BCUT2D eigenvalue weighted by Crippen LogP contribution is 2.48. The van der Waals surface area contributed by atoms with Crippen LogP contribution in [-0.4, -0.2) is 48.2 Å². The number of para-hydroxylation sites is 2. The number of pyridine rings is 1. The predicted molar refractivity (Wildman–Crippen MR) is 149 cm³/mol. The van der Waals surface area contributed by atoms with Crippen LogP contribution in [0.3, 0.4) is 0 Å². The zero-order valence-corrected chi connectivity index (χ0v) is 22.2. The average molecular weight is 529 g/mol. The molecular formula is C31H36N4O4. The molecule has 0 amide bonds. The Morgan fingerprint density at radius 2 is 1.54 bits per heavy atom. The molecule has 8 nitrogen and oxygen atoms in total. The van der Waals surface area contributed by atoms with E-state index in [1.165, 1.54) is 57.6 Å². The maximum absolute atomic E-state index is 14.1. The van der Waals surface area contributed by atoms with E-state index in [4.69, 9.17) is 0 Å². The quantitative estimate of drug-likeness (QED) is 0.526. The van der Waals surface area contributed by atoms with Gasteiger partial charge in [-0.15, -0.1) is 0 Å². The highest BCUT2D eigenvalue weighted by Gasteiger charge is 2.47. The van der Waals surface area contributed by atoms with Crippen molar-refractivity contribution >= 4 is 17.0 Å². The topological polar surface area (TPSA) is 97.4 Å². The van der Waals surface area contributed by atoms with Crippen LogP contribution in [-0.2, 0) is 11.3 Å². The lowest BCUT2D eigenvalue weighted by molar-refractivity contribution is -0.137. The summed E-state index contributed by atoms with van der Waals surface area (Å²) in [6, 6.07) is 12.6. The molecule has 1 N–H and O–H groups in total. The van der Waals surface area contributed by atoms with Crippen LogP contribution in [0.4, 0.5) is 0 Å². The lowest BCUT2D eigenvalue weighted by Gasteiger charge is -2.49. The van der Waals surface area contributed by atoms with Gasteiger partial charge in [0.05, 0.1) is 16.6 Å². The molecular weight excluding hydrogens is 492 g/mol. The number of hydrogen-bond donors (Lipinski definition) is 1. The van der Waals surface area contributed by atoms with E-state index in [0.29, 0.717) is 23.6 Å². The van der Waals surface area contributed by atoms with E-state index < -0.39 is 18.1 Å². The van der Waals surface area contributed by atoms with E-state index in [0.717, 1.165) is 34.8 Å². The first-order chi connectivity index (χ1) is 19.0. The summed E-state index contributed by atoms with van der Waals surface area (Å²) in [5.41, 5.74) is 0.965. The Morgan fingerprint density at radius 1 is 0.821 bits per heavy atom. The van der Waals surface area contributed by atoms with E-state index in [1.54, 1.807) is 12.1 Å². The van der Waals surface area contributed by atoms with Gasteiger partial charge in [0.2, 0.25) is 0 Å². The zero-order chi connectivity index (χ0) is 26.7. The molecule has 6 atom stereocenters. The van der Waals surface area contributed by atoms with Gasteiger partial charge in [0.1, 0.15) is 12.2 Å². The maximum Gasteiger partial charge on any atom is 0.323 e. The molecule has 8 heteroatoms. The minimum absolute atomic E-state index is 0.0472. The van der Waals surface area contributed by atoms with Crippen molar-refractivity contribution in [1.29, 1.82) is 0 Å². The van der Waals surface area contributed by atoms with E-state index in [1.807, 2.05) is 28.8 Å². The summed E-state index contributed by atoms with van der Waals surface area (Å²) in [4.78, 5) is 46.1. The summed E-state index contributed by atoms with van der Waals surface area (Å²) < 4.78 is 3.03. The largest absolute Gasteiger partial charge is 0.480 e. The normalized spacial score (nSPS) is 30.5. The fourth-order valence-electron chi connectivity index (χ4n) is 8.61. The number of hydrogen-bond acceptors (Lipinski definition) is 5. The van der Waals surface area contributed by atoms with Crippen LogP contribution < -0.4 is 11.1 Å². The summed E-state index contributed by atoms with van der Waals surface area (Å²) in [5.74, 6) is 0.678. The Labute approximate surface area is 227 Å². The fraction of sp³-hybridized carbons (Fsp3) is 0.548. The number of aliphatic carboxylic acids is 1. The van der Waals surface area contributed by atoms with E-state index in [9.17, 15) is 19.5 Å². The number of nitrogens with zero attached hydrogens (tertiary/aromatic N) is 4. The highest BCUT2D eigenvalue weighted by atomic mass is 16.4. The Hall–Kier alpha value is -3.26. The Balaban J connectivity index is 1.26. The third-order valence-electron chi connectivity index (χ3n) is 10.0. The number of benzene rings is 1. The van der Waals surface area contributed by atoms with Crippen molar-refractivity contribution in [3.63, 3.8) is 0 Å². The Kier molecular flexibility index (Phi) is 6.18. The van der Waals surface area contributed by atoms with Crippen LogP contribution in [0.5, 0.6) is 0 Å². The molecule has 4 fully saturated rings. The van der Waals surface area contributed by atoms with Crippen molar-refractivity contribution in [1.82, 2.24) is 19.0 Å². The predicted octanol–water partition coefficient (Wildman–Crippen LogP) is 4.45. The first kappa shape index (κ1) is 24.8. The Bertz CT molecular complexity index is 1520. The van der Waals surface area contributed by atoms with Crippen molar-refractivity contribution < 1.29 is 9.90 Å². The lowest BCUT2D eigenvalue weighted by Crippen LogP contribution is -2.52. The van der Waals surface area contributed by atoms with E-state index in [2.05, 4.69) is 9.88 Å². The number of carbonyl (C=O) groups is 1. The lowest BCUT2D eigenvalue weighted by atomic mass is 9.69. The van der Waals surface area contributed by atoms with Gasteiger partial charge in [-0.05, 0) is 81.0 Å². The molecule has 2 aliphatic carbocycles. The number of carboxylic acid groups (broad SMARTS) is 1. The van der Waals surface area contributed by atoms with Gasteiger partial charge in [0.15, 0.2) is 0 Å². The number of piperidine rings is 1. The molecule has 2 saturated carbocycles. The third-order valence-corrected chi connectivity index (χ3v) is 10.0. The second-order valence-corrected chi connectivity index (χ2v) is 12.4. The van der Waals surface area contributed by atoms with Gasteiger partial charge >= 0.3 is 5.97 Å². The van der Waals surface area contributed by atoms with Crippen LogP contribution >= 0.6 is 0 Å². The van der Waals surface area contributed by atoms with Gasteiger partial charge in [-0.1, -0.05) is 31.4 Å². The van der Waals surface area contributed by atoms with Crippen molar-refractivity contribution in [2.24, 2.45) is 11.8 Å². The molecule has 2 aromatic heterocycles. The molecule has 4 aliphatic rings. The van der Waals surface area contributed by atoms with Crippen molar-refractivity contribution in [3.05, 3.63) is 63.3 Å². The Morgan fingerprint density at radius 3 is 2.26 bits per heavy atom. The molecule has 0 radical (unpaired) electrons. The minimum atomic E-state index is -1.11. The van der Waals surface area contributed by atoms with Crippen molar-refractivity contribution in [2.75, 3.05) is 0 Å². The molecule has 39 heavy (non-hydrogen) atoms. The fourth-order valence-corrected chi connectivity index (χ4v) is 8.61. The van der Waals surface area contributed by atoms with Gasteiger partial charge < -0.3 is 14.2 Å². The van der Waals surface area contributed by atoms with E-state index in [-0.39, 0.29) is 22.9 Å². The number of fused-ring (bicyclic) bond motifs is 5. The number of carboxylic acids is 1. The van der Waals surface area contributed by atoms with Gasteiger partial charge in [-0.2, -0.15) is 0 Å². The molecule has 4 bridgehead atoms. The molecule has 204 valence electrons. The van der Waals surface area contributed by atoms with Crippen LogP contribution in [0.1, 0.15) is 70.3 Å². The summed E-state index contributed by atoms with van der Waals surface area (Å²) in [6.07, 6.45) is 14.0. The first-order valence-corrected chi connectivity index (χ1v) is 14.7. The molecule has 1 unspecified atom stereocenters. The van der Waals surface area contributed by atoms with E-state index >= 15 is 0 Å². The van der Waals surface area contributed by atoms with Crippen LogP contribution in [0, 0.1) is 11.8 Å². The molecule has 2 aliphatic heterocycles. The second-order valence-electron chi connectivity index (χ2n) is 12.4. The molecule has 7 rings (SSSR count). The molecule has 3 aromatic rings. The zero-order valence-electron chi connectivity index (χ0n) is 22.2. The van der Waals surface area contributed by atoms with Gasteiger partial charge in [0.25, 0.3) is 11.1 Å². The first-order valence-electron chi connectivity index (χ1n) is 14.7. The SMILES string of the molecule is O=C(O)Cn1cccc(-c2nc3ccccc3n([C@@H]3C[C@H]4CC[C@@H](C3)N4C3C[C@H]4CCC[C@@H](C3)C4)c2=O)c1=O. The standard InChI is InChI=1S/C31H36N4O4/c36-28(37)18-33-12-4-7-25(30(33)38)29-31(39)35(27-9-2-1-8-26(27)32-29)24-16-21-10-11-22(17-24)34(21)23-14-19-5-3-6-20(13-19)15-23/h1-2,4,7-9,12,19-24H,3,5-6,10-11,13-18H2,(H,36,37)/t19-,20+,21-,22+,23?,24-. The van der Waals surface area contributed by atoms with Crippen molar-refractivity contribution in [3.8, 4) is 11.3 Å². The maximum atomic E-state index is 14.1.